The number of ether oxygens (including phenoxy) is 1. The van der Waals surface area contributed by atoms with Gasteiger partial charge in [-0.2, -0.15) is 4.31 Å². The Morgan fingerprint density at radius 1 is 1.03 bits per heavy atom. The van der Waals surface area contributed by atoms with Crippen LogP contribution in [-0.4, -0.2) is 51.5 Å². The van der Waals surface area contributed by atoms with E-state index in [2.05, 4.69) is 15.6 Å². The number of nitrogens with zero attached hydrogens (tertiary/aromatic N) is 2. The van der Waals surface area contributed by atoms with Gasteiger partial charge in [0.1, 0.15) is 5.75 Å². The second kappa shape index (κ2) is 11.7. The number of rotatable bonds is 10. The van der Waals surface area contributed by atoms with Crippen molar-refractivity contribution < 1.29 is 13.2 Å². The van der Waals surface area contributed by atoms with E-state index in [0.29, 0.717) is 31.1 Å². The lowest BCUT2D eigenvalue weighted by atomic mass is 10.2. The monoisotopic (exact) mass is 444 g/mol. The van der Waals surface area contributed by atoms with Gasteiger partial charge in [-0.15, -0.1) is 0 Å². The zero-order chi connectivity index (χ0) is 21.9. The highest BCUT2D eigenvalue weighted by Crippen LogP contribution is 2.21. The first kappa shape index (κ1) is 23.1. The molecule has 1 fully saturated rings. The summed E-state index contributed by atoms with van der Waals surface area (Å²) in [5.41, 5.74) is 0.963. The van der Waals surface area contributed by atoms with Crippen molar-refractivity contribution in [2.45, 2.75) is 37.6 Å². The van der Waals surface area contributed by atoms with E-state index >= 15 is 0 Å². The highest BCUT2D eigenvalue weighted by Gasteiger charge is 2.26. The molecule has 1 heterocycles. The zero-order valence-electron chi connectivity index (χ0n) is 18.1. The average molecular weight is 445 g/mol. The third-order valence-electron chi connectivity index (χ3n) is 5.02. The predicted molar refractivity (Wildman–Crippen MR) is 124 cm³/mol. The molecule has 0 saturated carbocycles. The average Bonchev–Trinajstić information content (AvgIpc) is 3.34. The second-order valence-corrected chi connectivity index (χ2v) is 9.33. The first-order valence-corrected chi connectivity index (χ1v) is 12.3. The van der Waals surface area contributed by atoms with Gasteiger partial charge in [0.2, 0.25) is 10.0 Å². The fourth-order valence-electron chi connectivity index (χ4n) is 3.34. The van der Waals surface area contributed by atoms with Gasteiger partial charge in [-0.3, -0.25) is 0 Å². The Bertz CT molecular complexity index is 925. The molecule has 0 amide bonds. The molecule has 0 spiro atoms. The first-order chi connectivity index (χ1) is 15.1. The van der Waals surface area contributed by atoms with E-state index < -0.39 is 10.0 Å². The lowest BCUT2D eigenvalue weighted by Gasteiger charge is -2.15. The molecule has 168 valence electrons. The van der Waals surface area contributed by atoms with Crippen molar-refractivity contribution in [2.24, 2.45) is 4.99 Å². The third-order valence-corrected chi connectivity index (χ3v) is 6.93. The molecule has 3 rings (SSSR count). The van der Waals surface area contributed by atoms with Crippen molar-refractivity contribution >= 4 is 16.0 Å². The highest BCUT2D eigenvalue weighted by molar-refractivity contribution is 7.89. The van der Waals surface area contributed by atoms with Crippen molar-refractivity contribution in [2.75, 3.05) is 32.8 Å². The van der Waals surface area contributed by atoms with Crippen LogP contribution in [-0.2, 0) is 16.6 Å². The zero-order valence-corrected chi connectivity index (χ0v) is 18.9. The van der Waals surface area contributed by atoms with Crippen LogP contribution in [0.1, 0.15) is 31.7 Å². The minimum atomic E-state index is -3.37. The molecule has 7 nitrogen and oxygen atoms in total. The van der Waals surface area contributed by atoms with Gasteiger partial charge in [-0.05, 0) is 56.0 Å². The van der Waals surface area contributed by atoms with Crippen LogP contribution in [0, 0.1) is 0 Å². The molecule has 2 aromatic carbocycles. The molecule has 1 saturated heterocycles. The molecule has 1 aliphatic rings. The lowest BCUT2D eigenvalue weighted by Crippen LogP contribution is -2.38. The number of guanidine groups is 1. The van der Waals surface area contributed by atoms with Crippen LogP contribution in [0.25, 0.3) is 0 Å². The van der Waals surface area contributed by atoms with E-state index in [4.69, 9.17) is 4.74 Å². The molecule has 1 aliphatic heterocycles. The van der Waals surface area contributed by atoms with Gasteiger partial charge in [-0.25, -0.2) is 13.4 Å². The van der Waals surface area contributed by atoms with Crippen LogP contribution in [0.3, 0.4) is 0 Å². The summed E-state index contributed by atoms with van der Waals surface area (Å²) in [6.45, 7) is 5.85. The third kappa shape index (κ3) is 6.97. The van der Waals surface area contributed by atoms with Crippen molar-refractivity contribution in [3.05, 3.63) is 60.2 Å². The Hall–Kier alpha value is -2.58. The Balaban J connectivity index is 1.48. The number of hydrogen-bond donors (Lipinski definition) is 2. The van der Waals surface area contributed by atoms with Gasteiger partial charge in [0.25, 0.3) is 0 Å². The van der Waals surface area contributed by atoms with Crippen molar-refractivity contribution in [1.82, 2.24) is 14.9 Å². The van der Waals surface area contributed by atoms with Crippen molar-refractivity contribution in [3.63, 3.8) is 0 Å². The number of nitrogens with one attached hydrogen (secondary N) is 2. The second-order valence-electron chi connectivity index (χ2n) is 7.39. The molecule has 0 unspecified atom stereocenters. The number of para-hydroxylation sites is 1. The molecule has 2 aromatic rings. The summed E-state index contributed by atoms with van der Waals surface area (Å²) in [5, 5.41) is 6.54. The number of hydrogen-bond acceptors (Lipinski definition) is 4. The summed E-state index contributed by atoms with van der Waals surface area (Å²) in [7, 11) is -3.37. The van der Waals surface area contributed by atoms with Gasteiger partial charge >= 0.3 is 0 Å². The molecular formula is C23H32N4O3S. The molecule has 31 heavy (non-hydrogen) atoms. The van der Waals surface area contributed by atoms with E-state index in [1.54, 1.807) is 16.4 Å². The first-order valence-electron chi connectivity index (χ1n) is 10.9. The molecule has 0 atom stereocenters. The van der Waals surface area contributed by atoms with Gasteiger partial charge in [-0.1, -0.05) is 30.3 Å². The summed E-state index contributed by atoms with van der Waals surface area (Å²) in [6.07, 6.45) is 2.72. The van der Waals surface area contributed by atoms with Crippen LogP contribution >= 0.6 is 0 Å². The predicted octanol–water partition coefficient (Wildman–Crippen LogP) is 3.00. The maximum Gasteiger partial charge on any atom is 0.243 e. The van der Waals surface area contributed by atoms with E-state index in [-0.39, 0.29) is 0 Å². The highest BCUT2D eigenvalue weighted by atomic mass is 32.2. The molecule has 0 bridgehead atoms. The molecule has 2 N–H and O–H groups in total. The van der Waals surface area contributed by atoms with Crippen LogP contribution in [0.2, 0.25) is 0 Å². The van der Waals surface area contributed by atoms with Gasteiger partial charge < -0.3 is 15.4 Å². The quantitative estimate of drug-likeness (QED) is 0.334. The Morgan fingerprint density at radius 2 is 1.74 bits per heavy atom. The minimum absolute atomic E-state index is 0.352. The van der Waals surface area contributed by atoms with Crippen molar-refractivity contribution in [1.29, 1.82) is 0 Å². The number of benzene rings is 2. The van der Waals surface area contributed by atoms with E-state index in [1.807, 2.05) is 49.4 Å². The fraction of sp³-hybridized carbons (Fsp3) is 0.435. The van der Waals surface area contributed by atoms with Gasteiger partial charge in [0.15, 0.2) is 5.96 Å². The van der Waals surface area contributed by atoms with Crippen molar-refractivity contribution in [3.8, 4) is 5.75 Å². The maximum atomic E-state index is 12.6. The van der Waals surface area contributed by atoms with E-state index in [9.17, 15) is 8.42 Å². The number of sulfonamides is 1. The summed E-state index contributed by atoms with van der Waals surface area (Å²) in [5.74, 6) is 1.61. The molecule has 0 aromatic heterocycles. The van der Waals surface area contributed by atoms with Gasteiger partial charge in [0, 0.05) is 26.2 Å². The Labute approximate surface area is 185 Å². The smallest absolute Gasteiger partial charge is 0.243 e. The maximum absolute atomic E-state index is 12.6. The topological polar surface area (TPSA) is 83.0 Å². The lowest BCUT2D eigenvalue weighted by molar-refractivity contribution is 0.311. The summed E-state index contributed by atoms with van der Waals surface area (Å²) < 4.78 is 32.5. The standard InChI is InChI=1S/C23H32N4O3S/c1-2-24-23(25-15-8-18-30-21-9-4-3-5-10-21)26-19-20-11-13-22(14-12-20)31(28,29)27-16-6-7-17-27/h3-5,9-14H,2,6-8,15-19H2,1H3,(H2,24,25,26). The summed E-state index contributed by atoms with van der Waals surface area (Å²) >= 11 is 0. The molecular weight excluding hydrogens is 412 g/mol. The van der Waals surface area contributed by atoms with Gasteiger partial charge in [0.05, 0.1) is 18.0 Å². The van der Waals surface area contributed by atoms with Crippen LogP contribution in [0.5, 0.6) is 5.75 Å². The summed E-state index contributed by atoms with van der Waals surface area (Å²) in [4.78, 5) is 4.95. The van der Waals surface area contributed by atoms with Crippen LogP contribution in [0.15, 0.2) is 64.5 Å². The molecule has 0 aliphatic carbocycles. The largest absolute Gasteiger partial charge is 0.494 e. The fourth-order valence-corrected chi connectivity index (χ4v) is 4.86. The summed E-state index contributed by atoms with van der Waals surface area (Å²) in [6, 6.07) is 16.8. The van der Waals surface area contributed by atoms with Crippen LogP contribution in [0.4, 0.5) is 0 Å². The number of aliphatic imine (C=N–C) groups is 1. The molecule has 0 radical (unpaired) electrons. The Kier molecular flexibility index (Phi) is 8.73. The van der Waals surface area contributed by atoms with E-state index in [0.717, 1.165) is 49.6 Å². The molecule has 8 heteroatoms. The Morgan fingerprint density at radius 3 is 2.42 bits per heavy atom. The normalized spacial score (nSPS) is 15.1. The van der Waals surface area contributed by atoms with Crippen LogP contribution < -0.4 is 15.4 Å². The van der Waals surface area contributed by atoms with E-state index in [1.165, 1.54) is 0 Å². The SMILES string of the molecule is CCNC(=NCc1ccc(S(=O)(=O)N2CCCC2)cc1)NCCCOc1ccccc1. The minimum Gasteiger partial charge on any atom is -0.494 e.